The molecule has 1 heterocycles. The molecule has 1 N–H and O–H groups in total. The predicted octanol–water partition coefficient (Wildman–Crippen LogP) is 3.18. The molecular weight excluding hydrogens is 306 g/mol. The van der Waals surface area contributed by atoms with Crippen LogP contribution in [0, 0.1) is 13.8 Å². The first-order chi connectivity index (χ1) is 9.88. The monoisotopic (exact) mass is 325 g/mol. The van der Waals surface area contributed by atoms with Crippen molar-refractivity contribution in [3.63, 3.8) is 0 Å². The van der Waals surface area contributed by atoms with Gasteiger partial charge in [-0.15, -0.1) is 0 Å². The summed E-state index contributed by atoms with van der Waals surface area (Å²) in [5.74, 6) is 0.472. The van der Waals surface area contributed by atoms with E-state index in [9.17, 15) is 4.21 Å². The molecule has 0 saturated carbocycles. The maximum atomic E-state index is 11.4. The molecule has 0 amide bonds. The van der Waals surface area contributed by atoms with E-state index in [4.69, 9.17) is 11.6 Å². The van der Waals surface area contributed by atoms with E-state index in [1.165, 1.54) is 5.56 Å². The van der Waals surface area contributed by atoms with Crippen molar-refractivity contribution in [2.45, 2.75) is 26.1 Å². The van der Waals surface area contributed by atoms with Gasteiger partial charge in [-0.2, -0.15) is 5.10 Å². The minimum absolute atomic E-state index is 0.472. The Labute approximate surface area is 133 Å². The van der Waals surface area contributed by atoms with Crippen LogP contribution in [-0.4, -0.2) is 20.2 Å². The van der Waals surface area contributed by atoms with Gasteiger partial charge in [-0.3, -0.25) is 8.89 Å². The maximum absolute atomic E-state index is 11.4. The van der Waals surface area contributed by atoms with Gasteiger partial charge in [-0.1, -0.05) is 11.6 Å². The Bertz CT molecular complexity index is 682. The fourth-order valence-corrected chi connectivity index (χ4v) is 3.22. The summed E-state index contributed by atoms with van der Waals surface area (Å²) in [5.41, 5.74) is 5.27. The summed E-state index contributed by atoms with van der Waals surface area (Å²) in [4.78, 5) is 0. The van der Waals surface area contributed by atoms with Gasteiger partial charge in [0, 0.05) is 58.4 Å². The number of benzene rings is 1. The van der Waals surface area contributed by atoms with Crippen molar-refractivity contribution < 1.29 is 4.21 Å². The van der Waals surface area contributed by atoms with Crippen LogP contribution in [0.5, 0.6) is 0 Å². The molecule has 114 valence electrons. The van der Waals surface area contributed by atoms with Crippen molar-refractivity contribution in [2.24, 2.45) is 7.05 Å². The van der Waals surface area contributed by atoms with Gasteiger partial charge < -0.3 is 5.32 Å². The second-order valence-corrected chi connectivity index (χ2v) is 6.99. The third kappa shape index (κ3) is 3.86. The van der Waals surface area contributed by atoms with Crippen molar-refractivity contribution in [3.05, 3.63) is 45.7 Å². The highest BCUT2D eigenvalue weighted by Crippen LogP contribution is 2.23. The number of hydrogen-bond acceptors (Lipinski definition) is 3. The molecule has 0 bridgehead atoms. The molecule has 0 aliphatic heterocycles. The zero-order valence-corrected chi connectivity index (χ0v) is 14.3. The highest BCUT2D eigenvalue weighted by Gasteiger charge is 2.09. The van der Waals surface area contributed by atoms with Crippen LogP contribution in [0.25, 0.3) is 0 Å². The highest BCUT2D eigenvalue weighted by molar-refractivity contribution is 7.83. The summed E-state index contributed by atoms with van der Waals surface area (Å²) in [6, 6.07) is 5.74. The van der Waals surface area contributed by atoms with Crippen LogP contribution in [0.3, 0.4) is 0 Å². The minimum Gasteiger partial charge on any atom is -0.381 e. The third-order valence-electron chi connectivity index (χ3n) is 3.53. The van der Waals surface area contributed by atoms with Gasteiger partial charge >= 0.3 is 0 Å². The lowest BCUT2D eigenvalue weighted by atomic mass is 10.1. The quantitative estimate of drug-likeness (QED) is 0.918. The summed E-state index contributed by atoms with van der Waals surface area (Å²) < 4.78 is 13.3. The molecule has 1 aromatic heterocycles. The number of aromatic nitrogens is 2. The van der Waals surface area contributed by atoms with Crippen LogP contribution in [0.4, 0.5) is 5.69 Å². The number of rotatable bonds is 5. The van der Waals surface area contributed by atoms with E-state index in [0.29, 0.717) is 17.3 Å². The molecule has 21 heavy (non-hydrogen) atoms. The van der Waals surface area contributed by atoms with Gasteiger partial charge in [0.15, 0.2) is 0 Å². The number of nitrogens with one attached hydrogen (secondary N) is 1. The second kappa shape index (κ2) is 6.62. The topological polar surface area (TPSA) is 46.9 Å². The largest absolute Gasteiger partial charge is 0.381 e. The highest BCUT2D eigenvalue weighted by atomic mass is 35.5. The molecule has 0 fully saturated rings. The molecule has 0 radical (unpaired) electrons. The van der Waals surface area contributed by atoms with Crippen molar-refractivity contribution >= 4 is 28.1 Å². The summed E-state index contributed by atoms with van der Waals surface area (Å²) in [5, 5.41) is 8.45. The number of aryl methyl sites for hydroxylation is 2. The molecule has 0 unspecified atom stereocenters. The third-order valence-corrected chi connectivity index (χ3v) is 4.62. The number of hydrogen-bond donors (Lipinski definition) is 1. The molecule has 6 heteroatoms. The molecule has 0 spiro atoms. The first-order valence-electron chi connectivity index (χ1n) is 6.70. The standard InChI is InChI=1S/C15H20ClN3OS/c1-10-14(11(2)19(3)18-10)8-17-13-5-6-15(16)12(7-13)9-21(4)20/h5-7,17H,8-9H2,1-4H3/t21-/m0/s1. The van der Waals surface area contributed by atoms with E-state index in [2.05, 4.69) is 17.3 Å². The zero-order valence-electron chi connectivity index (χ0n) is 12.7. The number of nitrogens with zero attached hydrogens (tertiary/aromatic N) is 2. The van der Waals surface area contributed by atoms with Crippen molar-refractivity contribution in [2.75, 3.05) is 11.6 Å². The van der Waals surface area contributed by atoms with Crippen LogP contribution in [0.15, 0.2) is 18.2 Å². The number of halogens is 1. The summed E-state index contributed by atoms with van der Waals surface area (Å²) in [6.45, 7) is 4.78. The predicted molar refractivity (Wildman–Crippen MR) is 89.2 cm³/mol. The van der Waals surface area contributed by atoms with E-state index in [0.717, 1.165) is 22.6 Å². The van der Waals surface area contributed by atoms with Crippen LogP contribution in [0.1, 0.15) is 22.5 Å². The Morgan fingerprint density at radius 1 is 1.38 bits per heavy atom. The average molecular weight is 326 g/mol. The van der Waals surface area contributed by atoms with Gasteiger partial charge in [0.25, 0.3) is 0 Å². The SMILES string of the molecule is Cc1nn(C)c(C)c1CNc1ccc(Cl)c(C[S@](C)=O)c1. The second-order valence-electron chi connectivity index (χ2n) is 5.15. The lowest BCUT2D eigenvalue weighted by Crippen LogP contribution is -2.03. The lowest BCUT2D eigenvalue weighted by molar-refractivity contribution is 0.686. The molecular formula is C15H20ClN3OS. The van der Waals surface area contributed by atoms with Gasteiger partial charge in [-0.25, -0.2) is 0 Å². The Morgan fingerprint density at radius 3 is 2.67 bits per heavy atom. The van der Waals surface area contributed by atoms with Crippen molar-refractivity contribution in [1.29, 1.82) is 0 Å². The van der Waals surface area contributed by atoms with Gasteiger partial charge in [-0.05, 0) is 37.6 Å². The summed E-state index contributed by atoms with van der Waals surface area (Å²) in [7, 11) is 1.04. The molecule has 4 nitrogen and oxygen atoms in total. The Morgan fingerprint density at radius 2 is 2.10 bits per heavy atom. The molecule has 2 rings (SSSR count). The van der Waals surface area contributed by atoms with Gasteiger partial charge in [0.05, 0.1) is 5.69 Å². The van der Waals surface area contributed by atoms with E-state index in [1.807, 2.05) is 36.9 Å². The van der Waals surface area contributed by atoms with Gasteiger partial charge in [0.2, 0.25) is 0 Å². The first-order valence-corrected chi connectivity index (χ1v) is 8.80. The van der Waals surface area contributed by atoms with E-state index >= 15 is 0 Å². The van der Waals surface area contributed by atoms with Crippen LogP contribution in [-0.2, 0) is 30.1 Å². The Hall–Kier alpha value is -1.33. The van der Waals surface area contributed by atoms with Crippen LogP contribution < -0.4 is 5.32 Å². The minimum atomic E-state index is -0.905. The molecule has 2 aromatic rings. The first kappa shape index (κ1) is 16.0. The molecule has 0 saturated heterocycles. The maximum Gasteiger partial charge on any atom is 0.0646 e. The van der Waals surface area contributed by atoms with Crippen molar-refractivity contribution in [1.82, 2.24) is 9.78 Å². The number of anilines is 1. The fraction of sp³-hybridized carbons (Fsp3) is 0.400. The zero-order chi connectivity index (χ0) is 15.6. The molecule has 0 aliphatic rings. The van der Waals surface area contributed by atoms with Crippen LogP contribution >= 0.6 is 11.6 Å². The normalized spacial score (nSPS) is 12.4. The molecule has 1 atom stereocenters. The van der Waals surface area contributed by atoms with E-state index in [1.54, 1.807) is 6.26 Å². The Balaban J connectivity index is 2.15. The smallest absolute Gasteiger partial charge is 0.0646 e. The van der Waals surface area contributed by atoms with Gasteiger partial charge in [0.1, 0.15) is 0 Å². The average Bonchev–Trinajstić information content (AvgIpc) is 2.64. The van der Waals surface area contributed by atoms with Crippen molar-refractivity contribution in [3.8, 4) is 0 Å². The lowest BCUT2D eigenvalue weighted by Gasteiger charge is -2.10. The molecule has 1 aromatic carbocycles. The Kier molecular flexibility index (Phi) is 5.06. The van der Waals surface area contributed by atoms with E-state index in [-0.39, 0.29) is 0 Å². The van der Waals surface area contributed by atoms with E-state index < -0.39 is 10.8 Å². The molecule has 0 aliphatic carbocycles. The summed E-state index contributed by atoms with van der Waals surface area (Å²) >= 11 is 6.14. The fourth-order valence-electron chi connectivity index (χ4n) is 2.28. The summed E-state index contributed by atoms with van der Waals surface area (Å²) in [6.07, 6.45) is 1.68. The van der Waals surface area contributed by atoms with Crippen LogP contribution in [0.2, 0.25) is 5.02 Å².